The van der Waals surface area contributed by atoms with Crippen molar-refractivity contribution in [3.8, 4) is 0 Å². The predicted molar refractivity (Wildman–Crippen MR) is 57.0 cm³/mol. The van der Waals surface area contributed by atoms with Crippen molar-refractivity contribution in [2.75, 3.05) is 19.6 Å². The Kier molecular flexibility index (Phi) is 3.45. The summed E-state index contributed by atoms with van der Waals surface area (Å²) in [6.45, 7) is 11.3. The van der Waals surface area contributed by atoms with Crippen molar-refractivity contribution in [2.45, 2.75) is 32.4 Å². The molecule has 1 heterocycles. The van der Waals surface area contributed by atoms with E-state index in [0.717, 1.165) is 31.8 Å². The van der Waals surface area contributed by atoms with E-state index in [4.69, 9.17) is 5.73 Å². The number of nitrogens with zero attached hydrogens (tertiary/aromatic N) is 2. The second kappa shape index (κ2) is 4.20. The van der Waals surface area contributed by atoms with E-state index >= 15 is 0 Å². The molecule has 0 aromatic heterocycles. The minimum Gasteiger partial charge on any atom is -0.307 e. The fourth-order valence-electron chi connectivity index (χ4n) is 1.80. The normalized spacial score (nSPS) is 23.4. The molecule has 1 saturated heterocycles. The van der Waals surface area contributed by atoms with Gasteiger partial charge in [0.2, 0.25) is 0 Å². The van der Waals surface area contributed by atoms with Crippen LogP contribution in [-0.4, -0.2) is 36.9 Å². The SMILES string of the molecule is C=NC1(N)CCN(CC(C)C)CC1. The molecule has 0 spiro atoms. The standard InChI is InChI=1S/C10H21N3/c1-9(2)8-13-6-4-10(11,12-3)5-7-13/h9H,3-8,11H2,1-2H3. The van der Waals surface area contributed by atoms with Gasteiger partial charge < -0.3 is 10.6 Å². The van der Waals surface area contributed by atoms with Crippen molar-refractivity contribution in [1.29, 1.82) is 0 Å². The van der Waals surface area contributed by atoms with Crippen molar-refractivity contribution in [1.82, 2.24) is 4.90 Å². The maximum absolute atomic E-state index is 6.00. The summed E-state index contributed by atoms with van der Waals surface area (Å²) in [6.07, 6.45) is 1.90. The second-order valence-corrected chi connectivity index (χ2v) is 4.46. The minimum absolute atomic E-state index is 0.340. The maximum atomic E-state index is 6.00. The highest BCUT2D eigenvalue weighted by Gasteiger charge is 2.28. The van der Waals surface area contributed by atoms with Gasteiger partial charge in [-0.15, -0.1) is 0 Å². The number of piperidine rings is 1. The average molecular weight is 183 g/mol. The van der Waals surface area contributed by atoms with E-state index in [1.165, 1.54) is 6.54 Å². The van der Waals surface area contributed by atoms with Gasteiger partial charge in [0.1, 0.15) is 5.66 Å². The molecule has 2 N–H and O–H groups in total. The highest BCUT2D eigenvalue weighted by molar-refractivity contribution is 5.25. The molecule has 3 heteroatoms. The van der Waals surface area contributed by atoms with Crippen molar-refractivity contribution in [2.24, 2.45) is 16.6 Å². The van der Waals surface area contributed by atoms with Gasteiger partial charge in [0.05, 0.1) is 0 Å². The monoisotopic (exact) mass is 183 g/mol. The Bertz CT molecular complexity index is 169. The third-order valence-electron chi connectivity index (χ3n) is 2.66. The fraction of sp³-hybridized carbons (Fsp3) is 0.900. The molecule has 0 saturated carbocycles. The number of hydrogen-bond donors (Lipinski definition) is 1. The number of hydrogen-bond acceptors (Lipinski definition) is 3. The van der Waals surface area contributed by atoms with Crippen LogP contribution in [0.15, 0.2) is 4.99 Å². The Morgan fingerprint density at radius 3 is 2.38 bits per heavy atom. The highest BCUT2D eigenvalue weighted by Crippen LogP contribution is 2.20. The molecule has 13 heavy (non-hydrogen) atoms. The summed E-state index contributed by atoms with van der Waals surface area (Å²) in [5.74, 6) is 0.738. The molecule has 0 atom stereocenters. The first kappa shape index (κ1) is 10.7. The fourth-order valence-corrected chi connectivity index (χ4v) is 1.80. The van der Waals surface area contributed by atoms with E-state index in [0.29, 0.717) is 0 Å². The summed E-state index contributed by atoms with van der Waals surface area (Å²) in [4.78, 5) is 6.45. The topological polar surface area (TPSA) is 41.6 Å². The quantitative estimate of drug-likeness (QED) is 0.666. The Morgan fingerprint density at radius 2 is 2.00 bits per heavy atom. The summed E-state index contributed by atoms with van der Waals surface area (Å²) >= 11 is 0. The summed E-state index contributed by atoms with van der Waals surface area (Å²) in [6, 6.07) is 0. The zero-order valence-electron chi connectivity index (χ0n) is 8.79. The molecule has 0 bridgehead atoms. The van der Waals surface area contributed by atoms with Crippen LogP contribution in [0.2, 0.25) is 0 Å². The predicted octanol–water partition coefficient (Wildman–Crippen LogP) is 1.09. The molecule has 1 rings (SSSR count). The van der Waals surface area contributed by atoms with Gasteiger partial charge in [-0.25, -0.2) is 0 Å². The van der Waals surface area contributed by atoms with Crippen molar-refractivity contribution in [3.05, 3.63) is 0 Å². The zero-order chi connectivity index (χ0) is 9.90. The maximum Gasteiger partial charge on any atom is 0.109 e. The molecule has 0 unspecified atom stereocenters. The Balaban J connectivity index is 2.34. The smallest absolute Gasteiger partial charge is 0.109 e. The van der Waals surface area contributed by atoms with Gasteiger partial charge in [-0.1, -0.05) is 13.8 Å². The van der Waals surface area contributed by atoms with Gasteiger partial charge >= 0.3 is 0 Å². The molecule has 0 aromatic rings. The van der Waals surface area contributed by atoms with E-state index in [9.17, 15) is 0 Å². The lowest BCUT2D eigenvalue weighted by atomic mass is 9.98. The van der Waals surface area contributed by atoms with Crippen LogP contribution in [0.1, 0.15) is 26.7 Å². The van der Waals surface area contributed by atoms with Crippen LogP contribution in [-0.2, 0) is 0 Å². The molecule has 3 nitrogen and oxygen atoms in total. The average Bonchev–Trinajstić information content (AvgIpc) is 2.09. The molecule has 0 amide bonds. The molecule has 0 aromatic carbocycles. The van der Waals surface area contributed by atoms with Crippen LogP contribution in [0.4, 0.5) is 0 Å². The van der Waals surface area contributed by atoms with Crippen molar-refractivity contribution in [3.63, 3.8) is 0 Å². The first-order valence-electron chi connectivity index (χ1n) is 5.05. The number of aliphatic imine (C=N–C) groups is 1. The van der Waals surface area contributed by atoms with E-state index in [1.807, 2.05) is 0 Å². The van der Waals surface area contributed by atoms with E-state index in [-0.39, 0.29) is 5.66 Å². The minimum atomic E-state index is -0.340. The highest BCUT2D eigenvalue weighted by atomic mass is 15.2. The van der Waals surface area contributed by atoms with Crippen LogP contribution >= 0.6 is 0 Å². The van der Waals surface area contributed by atoms with Crippen LogP contribution in [0.5, 0.6) is 0 Å². The summed E-state index contributed by atoms with van der Waals surface area (Å²) in [7, 11) is 0. The van der Waals surface area contributed by atoms with Crippen LogP contribution in [0.3, 0.4) is 0 Å². The molecule has 76 valence electrons. The van der Waals surface area contributed by atoms with Gasteiger partial charge in [-0.2, -0.15) is 0 Å². The largest absolute Gasteiger partial charge is 0.307 e. The number of rotatable bonds is 3. The van der Waals surface area contributed by atoms with Crippen LogP contribution in [0, 0.1) is 5.92 Å². The van der Waals surface area contributed by atoms with Gasteiger partial charge in [0.25, 0.3) is 0 Å². The first-order valence-corrected chi connectivity index (χ1v) is 5.05. The Hall–Kier alpha value is -0.410. The third-order valence-corrected chi connectivity index (χ3v) is 2.66. The lowest BCUT2D eigenvalue weighted by Gasteiger charge is -2.37. The van der Waals surface area contributed by atoms with Gasteiger partial charge in [0, 0.05) is 19.6 Å². The van der Waals surface area contributed by atoms with Gasteiger partial charge in [-0.3, -0.25) is 4.99 Å². The third kappa shape index (κ3) is 3.08. The molecular formula is C10H21N3. The van der Waals surface area contributed by atoms with Crippen LogP contribution in [0.25, 0.3) is 0 Å². The molecule has 1 aliphatic heterocycles. The number of nitrogens with two attached hydrogens (primary N) is 1. The molecular weight excluding hydrogens is 162 g/mol. The van der Waals surface area contributed by atoms with Crippen molar-refractivity contribution < 1.29 is 0 Å². The van der Waals surface area contributed by atoms with E-state index in [2.05, 4.69) is 30.5 Å². The molecule has 1 aliphatic rings. The summed E-state index contributed by atoms with van der Waals surface area (Å²) < 4.78 is 0. The van der Waals surface area contributed by atoms with Crippen molar-refractivity contribution >= 4 is 6.72 Å². The zero-order valence-corrected chi connectivity index (χ0v) is 8.79. The van der Waals surface area contributed by atoms with Gasteiger partial charge in [-0.05, 0) is 25.5 Å². The van der Waals surface area contributed by atoms with Crippen LogP contribution < -0.4 is 5.73 Å². The summed E-state index contributed by atoms with van der Waals surface area (Å²) in [5, 5.41) is 0. The second-order valence-electron chi connectivity index (χ2n) is 4.46. The molecule has 0 aliphatic carbocycles. The van der Waals surface area contributed by atoms with E-state index < -0.39 is 0 Å². The molecule has 1 fully saturated rings. The summed E-state index contributed by atoms with van der Waals surface area (Å²) in [5.41, 5.74) is 5.66. The Labute approximate surface area is 81.0 Å². The van der Waals surface area contributed by atoms with E-state index in [1.54, 1.807) is 0 Å². The number of likely N-dealkylation sites (tertiary alicyclic amines) is 1. The lowest BCUT2D eigenvalue weighted by Crippen LogP contribution is -2.49. The molecule has 0 radical (unpaired) electrons. The van der Waals surface area contributed by atoms with Gasteiger partial charge in [0.15, 0.2) is 0 Å². The Morgan fingerprint density at radius 1 is 1.46 bits per heavy atom. The first-order chi connectivity index (χ1) is 6.06. The lowest BCUT2D eigenvalue weighted by molar-refractivity contribution is 0.153.